The third kappa shape index (κ3) is 3.14. The zero-order valence-electron chi connectivity index (χ0n) is 11.2. The van der Waals surface area contributed by atoms with Crippen molar-refractivity contribution in [3.8, 4) is 0 Å². The van der Waals surface area contributed by atoms with E-state index in [1.807, 2.05) is 11.3 Å². The molecule has 2 nitrogen and oxygen atoms in total. The molecule has 2 fully saturated rings. The topological polar surface area (TPSA) is 6.48 Å². The molecular weight excluding hydrogens is 240 g/mol. The van der Waals surface area contributed by atoms with Gasteiger partial charge in [-0.05, 0) is 54.7 Å². The van der Waals surface area contributed by atoms with Crippen LogP contribution in [0.15, 0.2) is 16.8 Å². The molecule has 1 aliphatic heterocycles. The second-order valence-electron chi connectivity index (χ2n) is 5.74. The van der Waals surface area contributed by atoms with Crippen LogP contribution >= 0.6 is 11.3 Å². The van der Waals surface area contributed by atoms with Crippen molar-refractivity contribution >= 4 is 11.3 Å². The van der Waals surface area contributed by atoms with Crippen molar-refractivity contribution in [1.82, 2.24) is 9.80 Å². The summed E-state index contributed by atoms with van der Waals surface area (Å²) in [5, 5.41) is 4.48. The Hall–Kier alpha value is -0.380. The summed E-state index contributed by atoms with van der Waals surface area (Å²) in [6.45, 7) is 6.30. The minimum atomic E-state index is 0.908. The van der Waals surface area contributed by atoms with Gasteiger partial charge in [-0.2, -0.15) is 11.3 Å². The fourth-order valence-electron chi connectivity index (χ4n) is 3.42. The first-order valence-electron chi connectivity index (χ1n) is 7.39. The van der Waals surface area contributed by atoms with Crippen LogP contribution in [-0.4, -0.2) is 42.0 Å². The number of thiophene rings is 1. The summed E-state index contributed by atoms with van der Waals surface area (Å²) in [6.07, 6.45) is 7.16. The zero-order valence-corrected chi connectivity index (χ0v) is 12.0. The highest BCUT2D eigenvalue weighted by atomic mass is 32.1. The van der Waals surface area contributed by atoms with Gasteiger partial charge in [-0.15, -0.1) is 0 Å². The van der Waals surface area contributed by atoms with Gasteiger partial charge < -0.3 is 0 Å². The van der Waals surface area contributed by atoms with E-state index in [0.717, 1.165) is 12.6 Å². The lowest BCUT2D eigenvalue weighted by atomic mass is 10.2. The summed E-state index contributed by atoms with van der Waals surface area (Å²) in [4.78, 5) is 5.40. The van der Waals surface area contributed by atoms with Gasteiger partial charge in [-0.25, -0.2) is 0 Å². The fraction of sp³-hybridized carbons (Fsp3) is 0.733. The lowest BCUT2D eigenvalue weighted by Gasteiger charge is -2.27. The minimum absolute atomic E-state index is 0.908. The van der Waals surface area contributed by atoms with Crippen molar-refractivity contribution in [2.75, 3.05) is 26.2 Å². The second-order valence-corrected chi connectivity index (χ2v) is 6.52. The van der Waals surface area contributed by atoms with Crippen molar-refractivity contribution < 1.29 is 0 Å². The Labute approximate surface area is 115 Å². The molecule has 0 radical (unpaired) electrons. The smallest absolute Gasteiger partial charge is 0.0242 e. The zero-order chi connectivity index (χ0) is 12.2. The van der Waals surface area contributed by atoms with Crippen molar-refractivity contribution in [3.05, 3.63) is 22.4 Å². The van der Waals surface area contributed by atoms with Gasteiger partial charge >= 0.3 is 0 Å². The van der Waals surface area contributed by atoms with Crippen molar-refractivity contribution in [2.24, 2.45) is 0 Å². The highest BCUT2D eigenvalue weighted by molar-refractivity contribution is 7.07. The van der Waals surface area contributed by atoms with Crippen molar-refractivity contribution in [3.63, 3.8) is 0 Å². The molecule has 100 valence electrons. The van der Waals surface area contributed by atoms with Crippen LogP contribution < -0.4 is 0 Å². The van der Waals surface area contributed by atoms with Gasteiger partial charge in [0.15, 0.2) is 0 Å². The summed E-state index contributed by atoms with van der Waals surface area (Å²) in [5.74, 6) is 0. The molecule has 0 amide bonds. The summed E-state index contributed by atoms with van der Waals surface area (Å²) in [7, 11) is 0. The second kappa shape index (κ2) is 6.18. The van der Waals surface area contributed by atoms with Gasteiger partial charge in [-0.3, -0.25) is 9.80 Å². The van der Waals surface area contributed by atoms with E-state index < -0.39 is 0 Å². The number of nitrogens with zero attached hydrogens (tertiary/aromatic N) is 2. The van der Waals surface area contributed by atoms with Crippen molar-refractivity contribution in [1.29, 1.82) is 0 Å². The SMILES string of the molecule is c1cc(CN2CCCN(C3CCCC3)CC2)cs1. The van der Waals surface area contributed by atoms with E-state index in [2.05, 4.69) is 26.6 Å². The quantitative estimate of drug-likeness (QED) is 0.827. The Morgan fingerprint density at radius 3 is 2.72 bits per heavy atom. The Kier molecular flexibility index (Phi) is 4.34. The summed E-state index contributed by atoms with van der Waals surface area (Å²) >= 11 is 1.82. The maximum Gasteiger partial charge on any atom is 0.0242 e. The number of hydrogen-bond acceptors (Lipinski definition) is 3. The monoisotopic (exact) mass is 264 g/mol. The largest absolute Gasteiger partial charge is 0.299 e. The van der Waals surface area contributed by atoms with Gasteiger partial charge in [0, 0.05) is 25.7 Å². The molecule has 0 unspecified atom stereocenters. The molecule has 0 aromatic carbocycles. The first-order chi connectivity index (χ1) is 8.92. The third-order valence-corrected chi connectivity index (χ3v) is 5.18. The predicted molar refractivity (Wildman–Crippen MR) is 78.0 cm³/mol. The molecule has 2 aliphatic rings. The normalized spacial score (nSPS) is 24.4. The van der Waals surface area contributed by atoms with Gasteiger partial charge in [0.05, 0.1) is 0 Å². The van der Waals surface area contributed by atoms with Crippen molar-refractivity contribution in [2.45, 2.75) is 44.7 Å². The molecule has 0 spiro atoms. The van der Waals surface area contributed by atoms with Crippen LogP contribution in [0.25, 0.3) is 0 Å². The van der Waals surface area contributed by atoms with E-state index in [1.54, 1.807) is 0 Å². The van der Waals surface area contributed by atoms with Gasteiger partial charge in [0.2, 0.25) is 0 Å². The Balaban J connectivity index is 1.51. The first kappa shape index (κ1) is 12.6. The molecule has 1 aliphatic carbocycles. The standard InChI is InChI=1S/C15H24N2S/c1-2-5-15(4-1)17-8-3-7-16(9-10-17)12-14-6-11-18-13-14/h6,11,13,15H,1-5,7-10,12H2. The highest BCUT2D eigenvalue weighted by Gasteiger charge is 2.24. The van der Waals surface area contributed by atoms with Gasteiger partial charge in [0.25, 0.3) is 0 Å². The summed E-state index contributed by atoms with van der Waals surface area (Å²) in [5.41, 5.74) is 1.49. The van der Waals surface area contributed by atoms with E-state index in [-0.39, 0.29) is 0 Å². The molecule has 0 atom stereocenters. The predicted octanol–water partition coefficient (Wildman–Crippen LogP) is 3.20. The van der Waals surface area contributed by atoms with Crippen LogP contribution in [0.3, 0.4) is 0 Å². The summed E-state index contributed by atoms with van der Waals surface area (Å²) < 4.78 is 0. The van der Waals surface area contributed by atoms with Gasteiger partial charge in [-0.1, -0.05) is 12.8 Å². The lowest BCUT2D eigenvalue weighted by Crippen LogP contribution is -2.36. The molecule has 1 aromatic rings. The summed E-state index contributed by atoms with van der Waals surface area (Å²) in [6, 6.07) is 3.18. The third-order valence-electron chi connectivity index (χ3n) is 4.45. The molecule has 3 heteroatoms. The van der Waals surface area contributed by atoms with E-state index in [1.165, 1.54) is 63.8 Å². The van der Waals surface area contributed by atoms with E-state index >= 15 is 0 Å². The molecule has 0 N–H and O–H groups in total. The Morgan fingerprint density at radius 1 is 1.06 bits per heavy atom. The Bertz CT molecular complexity index is 343. The molecule has 1 saturated carbocycles. The highest BCUT2D eigenvalue weighted by Crippen LogP contribution is 2.24. The fourth-order valence-corrected chi connectivity index (χ4v) is 4.08. The molecular formula is C15H24N2S. The lowest BCUT2D eigenvalue weighted by molar-refractivity contribution is 0.198. The molecule has 3 rings (SSSR count). The molecule has 0 bridgehead atoms. The molecule has 18 heavy (non-hydrogen) atoms. The van der Waals surface area contributed by atoms with Crippen LogP contribution in [0.1, 0.15) is 37.7 Å². The van der Waals surface area contributed by atoms with Gasteiger partial charge in [0.1, 0.15) is 0 Å². The Morgan fingerprint density at radius 2 is 1.94 bits per heavy atom. The molecule has 1 aromatic heterocycles. The van der Waals surface area contributed by atoms with Crippen LogP contribution in [0, 0.1) is 0 Å². The van der Waals surface area contributed by atoms with Crippen LogP contribution in [-0.2, 0) is 6.54 Å². The number of hydrogen-bond donors (Lipinski definition) is 0. The van der Waals surface area contributed by atoms with E-state index in [9.17, 15) is 0 Å². The van der Waals surface area contributed by atoms with Crippen LogP contribution in [0.4, 0.5) is 0 Å². The van der Waals surface area contributed by atoms with E-state index in [0.29, 0.717) is 0 Å². The minimum Gasteiger partial charge on any atom is -0.299 e. The molecule has 1 saturated heterocycles. The average Bonchev–Trinajstić information content (AvgIpc) is 3.02. The number of rotatable bonds is 3. The first-order valence-corrected chi connectivity index (χ1v) is 8.33. The average molecular weight is 264 g/mol. The molecule has 2 heterocycles. The van der Waals surface area contributed by atoms with Crippen LogP contribution in [0.2, 0.25) is 0 Å². The maximum atomic E-state index is 2.76. The van der Waals surface area contributed by atoms with Crippen LogP contribution in [0.5, 0.6) is 0 Å². The maximum absolute atomic E-state index is 2.76. The van der Waals surface area contributed by atoms with E-state index in [4.69, 9.17) is 0 Å².